The van der Waals surface area contributed by atoms with Gasteiger partial charge in [-0.05, 0) is 13.0 Å². The minimum Gasteiger partial charge on any atom is -0.478 e. The molecule has 0 spiro atoms. The van der Waals surface area contributed by atoms with Crippen molar-refractivity contribution < 1.29 is 14.6 Å². The summed E-state index contributed by atoms with van der Waals surface area (Å²) >= 11 is 0. The van der Waals surface area contributed by atoms with Gasteiger partial charge in [-0.2, -0.15) is 0 Å². The maximum atomic E-state index is 11.2. The van der Waals surface area contributed by atoms with Crippen LogP contribution in [0.25, 0.3) is 10.9 Å². The molecule has 2 aromatic rings. The molecule has 0 aliphatic heterocycles. The molecular formula is C14H13NO3. The van der Waals surface area contributed by atoms with Crippen LogP contribution in [0.5, 0.6) is 5.88 Å². The van der Waals surface area contributed by atoms with Crippen LogP contribution in [0.2, 0.25) is 0 Å². The molecular weight excluding hydrogens is 230 g/mol. The van der Waals surface area contributed by atoms with Crippen molar-refractivity contribution in [3.05, 3.63) is 48.0 Å². The first-order chi connectivity index (χ1) is 8.72. The number of aromatic nitrogens is 1. The molecule has 4 heteroatoms. The highest BCUT2D eigenvalue weighted by Gasteiger charge is 2.11. The summed E-state index contributed by atoms with van der Waals surface area (Å²) in [6, 6.07) is 8.56. The number of hydrogen-bond donors (Lipinski definition) is 1. The van der Waals surface area contributed by atoms with E-state index in [0.29, 0.717) is 23.4 Å². The van der Waals surface area contributed by atoms with Crippen LogP contribution in [-0.2, 0) is 0 Å². The molecule has 1 aromatic heterocycles. The number of hydrogen-bond acceptors (Lipinski definition) is 3. The van der Waals surface area contributed by atoms with Gasteiger partial charge in [-0.25, -0.2) is 9.78 Å². The Hall–Kier alpha value is -2.36. The van der Waals surface area contributed by atoms with Gasteiger partial charge in [0, 0.05) is 11.5 Å². The van der Waals surface area contributed by atoms with Crippen LogP contribution < -0.4 is 4.74 Å². The lowest BCUT2D eigenvalue weighted by molar-refractivity contribution is 0.0698. The number of allylic oxidation sites excluding steroid dienone is 1. The van der Waals surface area contributed by atoms with Gasteiger partial charge in [-0.3, -0.25) is 0 Å². The predicted molar refractivity (Wildman–Crippen MR) is 69.0 cm³/mol. The Labute approximate surface area is 105 Å². The van der Waals surface area contributed by atoms with E-state index in [1.807, 2.05) is 25.1 Å². The minimum absolute atomic E-state index is 0.205. The molecule has 0 unspecified atom stereocenters. The number of pyridine rings is 1. The van der Waals surface area contributed by atoms with Gasteiger partial charge in [0.2, 0.25) is 5.88 Å². The standard InChI is InChI=1S/C14H13NO3/c1-2-3-8-18-13-9-11(14(16)17)10-6-4-5-7-12(10)15-13/h2-7,9H,8H2,1H3,(H,16,17). The van der Waals surface area contributed by atoms with Crippen LogP contribution in [0.1, 0.15) is 17.3 Å². The number of para-hydroxylation sites is 1. The van der Waals surface area contributed by atoms with Crippen LogP contribution in [0, 0.1) is 0 Å². The molecule has 0 aliphatic rings. The first-order valence-electron chi connectivity index (χ1n) is 5.59. The first-order valence-corrected chi connectivity index (χ1v) is 5.59. The van der Waals surface area contributed by atoms with Crippen LogP contribution in [0.4, 0.5) is 0 Å². The molecule has 0 atom stereocenters. The summed E-state index contributed by atoms with van der Waals surface area (Å²) in [5, 5.41) is 9.80. The van der Waals surface area contributed by atoms with Gasteiger partial charge in [0.1, 0.15) is 6.61 Å². The zero-order valence-electron chi connectivity index (χ0n) is 9.96. The second-order valence-corrected chi connectivity index (χ2v) is 3.71. The van der Waals surface area contributed by atoms with Crippen LogP contribution in [0.15, 0.2) is 42.5 Å². The maximum absolute atomic E-state index is 11.2. The quantitative estimate of drug-likeness (QED) is 0.839. The summed E-state index contributed by atoms with van der Waals surface area (Å²) in [7, 11) is 0. The average Bonchev–Trinajstić information content (AvgIpc) is 2.38. The number of carboxylic acid groups (broad SMARTS) is 1. The SMILES string of the molecule is CC=CCOc1cc(C(=O)O)c2ccccc2n1. The molecule has 1 aromatic carbocycles. The fourth-order valence-electron chi connectivity index (χ4n) is 1.63. The highest BCUT2D eigenvalue weighted by Crippen LogP contribution is 2.21. The summed E-state index contributed by atoms with van der Waals surface area (Å²) < 4.78 is 5.38. The largest absolute Gasteiger partial charge is 0.478 e. The normalized spacial score (nSPS) is 10.9. The lowest BCUT2D eigenvalue weighted by Crippen LogP contribution is -2.02. The molecule has 0 fully saturated rings. The van der Waals surface area contributed by atoms with Gasteiger partial charge < -0.3 is 9.84 Å². The number of fused-ring (bicyclic) bond motifs is 1. The van der Waals surface area contributed by atoms with Crippen LogP contribution >= 0.6 is 0 Å². The van der Waals surface area contributed by atoms with E-state index in [-0.39, 0.29) is 5.56 Å². The lowest BCUT2D eigenvalue weighted by atomic mass is 10.1. The van der Waals surface area contributed by atoms with E-state index in [1.165, 1.54) is 6.07 Å². The van der Waals surface area contributed by atoms with Gasteiger partial charge in [0.25, 0.3) is 0 Å². The minimum atomic E-state index is -0.982. The molecule has 92 valence electrons. The van der Waals surface area contributed by atoms with Crippen LogP contribution in [-0.4, -0.2) is 22.7 Å². The number of carbonyl (C=O) groups is 1. The number of ether oxygens (including phenoxy) is 1. The van der Waals surface area contributed by atoms with E-state index >= 15 is 0 Å². The molecule has 0 saturated heterocycles. The summed E-state index contributed by atoms with van der Waals surface area (Å²) in [5.41, 5.74) is 0.823. The number of rotatable bonds is 4. The smallest absolute Gasteiger partial charge is 0.336 e. The Morgan fingerprint density at radius 3 is 2.94 bits per heavy atom. The molecule has 0 radical (unpaired) electrons. The Bertz CT molecular complexity index is 605. The van der Waals surface area contributed by atoms with E-state index in [1.54, 1.807) is 18.2 Å². The van der Waals surface area contributed by atoms with Gasteiger partial charge in [0.05, 0.1) is 11.1 Å². The van der Waals surface area contributed by atoms with Crippen molar-refractivity contribution >= 4 is 16.9 Å². The van der Waals surface area contributed by atoms with Gasteiger partial charge in [0.15, 0.2) is 0 Å². The second-order valence-electron chi connectivity index (χ2n) is 3.71. The van der Waals surface area contributed by atoms with Crippen molar-refractivity contribution in [1.82, 2.24) is 4.98 Å². The van der Waals surface area contributed by atoms with Crippen molar-refractivity contribution in [3.63, 3.8) is 0 Å². The van der Waals surface area contributed by atoms with Crippen molar-refractivity contribution in [2.24, 2.45) is 0 Å². The summed E-state index contributed by atoms with van der Waals surface area (Å²) in [6.07, 6.45) is 3.69. The maximum Gasteiger partial charge on any atom is 0.336 e. The van der Waals surface area contributed by atoms with E-state index in [9.17, 15) is 9.90 Å². The predicted octanol–water partition coefficient (Wildman–Crippen LogP) is 2.89. The monoisotopic (exact) mass is 243 g/mol. The van der Waals surface area contributed by atoms with E-state index in [4.69, 9.17) is 4.74 Å². The fourth-order valence-corrected chi connectivity index (χ4v) is 1.63. The number of benzene rings is 1. The highest BCUT2D eigenvalue weighted by molar-refractivity contribution is 6.02. The fraction of sp³-hybridized carbons (Fsp3) is 0.143. The zero-order valence-corrected chi connectivity index (χ0v) is 9.96. The van der Waals surface area contributed by atoms with Gasteiger partial charge in [-0.15, -0.1) is 0 Å². The van der Waals surface area contributed by atoms with Crippen molar-refractivity contribution in [1.29, 1.82) is 0 Å². The molecule has 0 amide bonds. The zero-order chi connectivity index (χ0) is 13.0. The molecule has 2 rings (SSSR count). The van der Waals surface area contributed by atoms with E-state index in [2.05, 4.69) is 4.98 Å². The Morgan fingerprint density at radius 1 is 1.44 bits per heavy atom. The first kappa shape index (κ1) is 12.1. The average molecular weight is 243 g/mol. The molecule has 4 nitrogen and oxygen atoms in total. The number of aromatic carboxylic acids is 1. The Morgan fingerprint density at radius 2 is 2.22 bits per heavy atom. The molecule has 1 N–H and O–H groups in total. The third kappa shape index (κ3) is 2.48. The third-order valence-corrected chi connectivity index (χ3v) is 2.49. The molecule has 18 heavy (non-hydrogen) atoms. The summed E-state index contributed by atoms with van der Waals surface area (Å²) in [4.78, 5) is 15.5. The molecule has 0 bridgehead atoms. The third-order valence-electron chi connectivity index (χ3n) is 2.49. The summed E-state index contributed by atoms with van der Waals surface area (Å²) in [5.74, 6) is -0.659. The van der Waals surface area contributed by atoms with Crippen molar-refractivity contribution in [2.75, 3.05) is 6.61 Å². The van der Waals surface area contributed by atoms with Crippen molar-refractivity contribution in [3.8, 4) is 5.88 Å². The Kier molecular flexibility index (Phi) is 3.57. The lowest BCUT2D eigenvalue weighted by Gasteiger charge is -2.06. The van der Waals surface area contributed by atoms with Gasteiger partial charge in [-0.1, -0.05) is 30.4 Å². The van der Waals surface area contributed by atoms with E-state index in [0.717, 1.165) is 0 Å². The van der Waals surface area contributed by atoms with Gasteiger partial charge >= 0.3 is 5.97 Å². The number of nitrogens with zero attached hydrogens (tertiary/aromatic N) is 1. The van der Waals surface area contributed by atoms with Crippen molar-refractivity contribution in [2.45, 2.75) is 6.92 Å². The molecule has 0 saturated carbocycles. The number of carboxylic acids is 1. The summed E-state index contributed by atoms with van der Waals surface area (Å²) in [6.45, 7) is 2.26. The molecule has 1 heterocycles. The highest BCUT2D eigenvalue weighted by atomic mass is 16.5. The second kappa shape index (κ2) is 5.31. The topological polar surface area (TPSA) is 59.4 Å². The van der Waals surface area contributed by atoms with Crippen LogP contribution in [0.3, 0.4) is 0 Å². The molecule has 0 aliphatic carbocycles. The van der Waals surface area contributed by atoms with E-state index < -0.39 is 5.97 Å². The Balaban J connectivity index is 2.47.